The highest BCUT2D eigenvalue weighted by atomic mass is 16.3. The van der Waals surface area contributed by atoms with Crippen LogP contribution in [0, 0.1) is 0 Å². The third-order valence-electron chi connectivity index (χ3n) is 8.60. The molecule has 1 nitrogen and oxygen atoms in total. The van der Waals surface area contributed by atoms with Crippen LogP contribution in [0.5, 0.6) is 0 Å². The van der Waals surface area contributed by atoms with Crippen molar-refractivity contribution in [2.75, 3.05) is 0 Å². The third-order valence-corrected chi connectivity index (χ3v) is 8.60. The van der Waals surface area contributed by atoms with Crippen LogP contribution in [0.1, 0.15) is 0 Å². The van der Waals surface area contributed by atoms with Crippen molar-refractivity contribution in [3.05, 3.63) is 146 Å². The molecule has 0 aliphatic heterocycles. The molecular weight excluding hydrogens is 496 g/mol. The predicted octanol–water partition coefficient (Wildman–Crippen LogP) is 11.5. The highest BCUT2D eigenvalue weighted by Crippen LogP contribution is 2.42. The van der Waals surface area contributed by atoms with Crippen LogP contribution >= 0.6 is 0 Å². The number of furan rings is 1. The highest BCUT2D eigenvalue weighted by molar-refractivity contribution is 6.20. The van der Waals surface area contributed by atoms with Gasteiger partial charge in [0.15, 0.2) is 0 Å². The van der Waals surface area contributed by atoms with E-state index in [4.69, 9.17) is 4.42 Å². The smallest absolute Gasteiger partial charge is 0.136 e. The fourth-order valence-electron chi connectivity index (χ4n) is 6.73. The molecule has 0 saturated carbocycles. The standard InChI is InChI=1S/C40H24O/c1-2-11-27-24-38-36(22-26(27)10-1)40-33(17-8-18-37(40)41-38)28-13-7-14-30(21-28)39-32-16-6-4-12-29(32)23-35-31-15-5-3-9-25(31)19-20-34(35)39/h1-24H. The van der Waals surface area contributed by atoms with Gasteiger partial charge in [-0.2, -0.15) is 0 Å². The Morgan fingerprint density at radius 3 is 1.90 bits per heavy atom. The van der Waals surface area contributed by atoms with Crippen LogP contribution in [-0.4, -0.2) is 0 Å². The second kappa shape index (κ2) is 8.55. The van der Waals surface area contributed by atoms with Crippen LogP contribution in [-0.2, 0) is 0 Å². The monoisotopic (exact) mass is 520 g/mol. The normalized spacial score (nSPS) is 11.9. The molecule has 1 aromatic heterocycles. The van der Waals surface area contributed by atoms with Crippen LogP contribution in [0.3, 0.4) is 0 Å². The van der Waals surface area contributed by atoms with E-state index in [1.807, 2.05) is 0 Å². The fraction of sp³-hybridized carbons (Fsp3) is 0. The Balaban J connectivity index is 1.33. The van der Waals surface area contributed by atoms with Crippen molar-refractivity contribution < 1.29 is 4.42 Å². The van der Waals surface area contributed by atoms with Crippen molar-refractivity contribution in [1.29, 1.82) is 0 Å². The van der Waals surface area contributed by atoms with Crippen molar-refractivity contribution in [3.63, 3.8) is 0 Å². The van der Waals surface area contributed by atoms with Gasteiger partial charge in [0.2, 0.25) is 0 Å². The molecule has 1 heterocycles. The number of hydrogen-bond donors (Lipinski definition) is 0. The van der Waals surface area contributed by atoms with Gasteiger partial charge in [0.25, 0.3) is 0 Å². The lowest BCUT2D eigenvalue weighted by molar-refractivity contribution is 0.669. The lowest BCUT2D eigenvalue weighted by atomic mass is 9.88. The number of hydrogen-bond acceptors (Lipinski definition) is 1. The molecule has 0 unspecified atom stereocenters. The molecule has 0 fully saturated rings. The molecule has 0 amide bonds. The Hall–Kier alpha value is -5.40. The minimum atomic E-state index is 0.917. The van der Waals surface area contributed by atoms with Gasteiger partial charge < -0.3 is 4.42 Å². The number of fused-ring (bicyclic) bond motifs is 8. The van der Waals surface area contributed by atoms with Gasteiger partial charge in [-0.3, -0.25) is 0 Å². The maximum atomic E-state index is 6.39. The zero-order valence-corrected chi connectivity index (χ0v) is 22.3. The summed E-state index contributed by atoms with van der Waals surface area (Å²) >= 11 is 0. The van der Waals surface area contributed by atoms with Crippen LogP contribution in [0.4, 0.5) is 0 Å². The molecule has 9 rings (SSSR count). The SMILES string of the molecule is c1cc(-c2c3ccccc3cc3c2ccc2ccccc23)cc(-c2cccc3oc4cc5ccccc5cc4c23)c1. The summed E-state index contributed by atoms with van der Waals surface area (Å²) in [6.45, 7) is 0. The Morgan fingerprint density at radius 2 is 1.02 bits per heavy atom. The maximum Gasteiger partial charge on any atom is 0.136 e. The van der Waals surface area contributed by atoms with Gasteiger partial charge in [0.05, 0.1) is 0 Å². The fourth-order valence-corrected chi connectivity index (χ4v) is 6.73. The van der Waals surface area contributed by atoms with Gasteiger partial charge in [-0.05, 0) is 95.7 Å². The van der Waals surface area contributed by atoms with Crippen molar-refractivity contribution in [2.45, 2.75) is 0 Å². The summed E-state index contributed by atoms with van der Waals surface area (Å²) in [5.74, 6) is 0. The van der Waals surface area contributed by atoms with Gasteiger partial charge in [-0.15, -0.1) is 0 Å². The average molecular weight is 521 g/mol. The van der Waals surface area contributed by atoms with Crippen molar-refractivity contribution >= 4 is 65.0 Å². The van der Waals surface area contributed by atoms with E-state index in [1.165, 1.54) is 70.7 Å². The summed E-state index contributed by atoms with van der Waals surface area (Å²) in [6.07, 6.45) is 0. The van der Waals surface area contributed by atoms with E-state index in [1.54, 1.807) is 0 Å². The van der Waals surface area contributed by atoms with Crippen LogP contribution in [0.25, 0.3) is 87.3 Å². The Kier molecular flexibility index (Phi) is 4.67. The van der Waals surface area contributed by atoms with Gasteiger partial charge in [-0.25, -0.2) is 0 Å². The minimum Gasteiger partial charge on any atom is -0.456 e. The summed E-state index contributed by atoms with van der Waals surface area (Å²) < 4.78 is 6.39. The van der Waals surface area contributed by atoms with E-state index in [9.17, 15) is 0 Å². The molecular formula is C40H24O. The van der Waals surface area contributed by atoms with Crippen molar-refractivity contribution in [2.24, 2.45) is 0 Å². The quantitative estimate of drug-likeness (QED) is 0.163. The summed E-state index contributed by atoms with van der Waals surface area (Å²) in [5.41, 5.74) is 6.71. The molecule has 0 bridgehead atoms. The molecule has 41 heavy (non-hydrogen) atoms. The first-order valence-corrected chi connectivity index (χ1v) is 14.1. The summed E-state index contributed by atoms with van der Waals surface area (Å²) in [4.78, 5) is 0. The molecule has 0 aliphatic carbocycles. The molecule has 0 aliphatic rings. The van der Waals surface area contributed by atoms with Crippen molar-refractivity contribution in [1.82, 2.24) is 0 Å². The Morgan fingerprint density at radius 1 is 0.341 bits per heavy atom. The average Bonchev–Trinajstić information content (AvgIpc) is 3.40. The molecule has 0 saturated heterocycles. The largest absolute Gasteiger partial charge is 0.456 e. The van der Waals surface area contributed by atoms with Gasteiger partial charge in [-0.1, -0.05) is 115 Å². The van der Waals surface area contributed by atoms with Crippen LogP contribution < -0.4 is 0 Å². The third kappa shape index (κ3) is 3.36. The van der Waals surface area contributed by atoms with E-state index < -0.39 is 0 Å². The first-order valence-electron chi connectivity index (χ1n) is 14.1. The van der Waals surface area contributed by atoms with E-state index in [0.29, 0.717) is 0 Å². The lowest BCUT2D eigenvalue weighted by Gasteiger charge is -2.15. The molecule has 0 spiro atoms. The van der Waals surface area contributed by atoms with Gasteiger partial charge in [0.1, 0.15) is 11.2 Å². The summed E-state index contributed by atoms with van der Waals surface area (Å²) in [6, 6.07) is 52.7. The minimum absolute atomic E-state index is 0.917. The van der Waals surface area contributed by atoms with E-state index in [0.717, 1.165) is 16.6 Å². The van der Waals surface area contributed by atoms with E-state index in [2.05, 4.69) is 146 Å². The molecule has 0 radical (unpaired) electrons. The number of rotatable bonds is 2. The van der Waals surface area contributed by atoms with Crippen LogP contribution in [0.2, 0.25) is 0 Å². The topological polar surface area (TPSA) is 13.1 Å². The van der Waals surface area contributed by atoms with E-state index >= 15 is 0 Å². The Bertz CT molecular complexity index is 2480. The maximum absolute atomic E-state index is 6.39. The summed E-state index contributed by atoms with van der Waals surface area (Å²) in [5, 5.41) is 12.4. The molecule has 190 valence electrons. The van der Waals surface area contributed by atoms with Crippen molar-refractivity contribution in [3.8, 4) is 22.3 Å². The zero-order valence-electron chi connectivity index (χ0n) is 22.3. The second-order valence-electron chi connectivity index (χ2n) is 10.9. The number of benzene rings is 8. The highest BCUT2D eigenvalue weighted by Gasteiger charge is 2.16. The van der Waals surface area contributed by atoms with Gasteiger partial charge >= 0.3 is 0 Å². The molecule has 0 N–H and O–H groups in total. The molecule has 1 heteroatoms. The predicted molar refractivity (Wildman–Crippen MR) is 175 cm³/mol. The first kappa shape index (κ1) is 22.4. The molecule has 0 atom stereocenters. The summed E-state index contributed by atoms with van der Waals surface area (Å²) in [7, 11) is 0. The van der Waals surface area contributed by atoms with E-state index in [-0.39, 0.29) is 0 Å². The van der Waals surface area contributed by atoms with Gasteiger partial charge in [0, 0.05) is 10.8 Å². The first-order chi connectivity index (χ1) is 20.3. The lowest BCUT2D eigenvalue weighted by Crippen LogP contribution is -1.88. The molecule has 9 aromatic rings. The Labute approximate surface area is 236 Å². The second-order valence-corrected chi connectivity index (χ2v) is 10.9. The molecule has 8 aromatic carbocycles. The zero-order chi connectivity index (χ0) is 26.9. The van der Waals surface area contributed by atoms with Crippen LogP contribution in [0.15, 0.2) is 150 Å².